The van der Waals surface area contributed by atoms with Crippen molar-refractivity contribution in [2.24, 2.45) is 0 Å². The number of halogens is 2. The smallest absolute Gasteiger partial charge is 0.270 e. The van der Waals surface area contributed by atoms with Crippen molar-refractivity contribution in [3.63, 3.8) is 0 Å². The third kappa shape index (κ3) is 4.00. The Balaban J connectivity index is 2.04. The van der Waals surface area contributed by atoms with E-state index in [1.807, 2.05) is 13.0 Å². The van der Waals surface area contributed by atoms with Crippen molar-refractivity contribution in [1.29, 1.82) is 0 Å². The summed E-state index contributed by atoms with van der Waals surface area (Å²) in [5.41, 5.74) is 1.54. The van der Waals surface area contributed by atoms with E-state index in [1.54, 1.807) is 12.1 Å². The number of hydrogen-bond acceptors (Lipinski definition) is 3. The number of nitrogens with zero attached hydrogens (tertiary/aromatic N) is 1. The molecule has 21 heavy (non-hydrogen) atoms. The quantitative estimate of drug-likeness (QED) is 0.664. The van der Waals surface area contributed by atoms with Gasteiger partial charge in [-0.2, -0.15) is 0 Å². The van der Waals surface area contributed by atoms with Crippen LogP contribution in [-0.4, -0.2) is 4.92 Å². The summed E-state index contributed by atoms with van der Waals surface area (Å²) in [6.07, 6.45) is 0. The Kier molecular flexibility index (Phi) is 4.88. The third-order valence-corrected chi connectivity index (χ3v) is 3.55. The first-order valence-electron chi connectivity index (χ1n) is 6.39. The molecule has 0 bridgehead atoms. The van der Waals surface area contributed by atoms with Gasteiger partial charge in [0.1, 0.15) is 5.82 Å². The van der Waals surface area contributed by atoms with Crippen molar-refractivity contribution in [3.05, 3.63) is 74.5 Å². The van der Waals surface area contributed by atoms with Crippen LogP contribution in [0.4, 0.5) is 10.1 Å². The predicted octanol–water partition coefficient (Wildman–Crippen LogP) is 4.24. The first kappa shape index (κ1) is 15.4. The molecule has 2 rings (SSSR count). The second kappa shape index (κ2) is 6.65. The molecular weight excluding hydrogens is 295 g/mol. The molecule has 6 heteroatoms. The van der Waals surface area contributed by atoms with Gasteiger partial charge in [0, 0.05) is 24.7 Å². The van der Waals surface area contributed by atoms with Crippen LogP contribution < -0.4 is 5.32 Å². The van der Waals surface area contributed by atoms with E-state index in [-0.39, 0.29) is 17.5 Å². The van der Waals surface area contributed by atoms with Crippen LogP contribution in [0, 0.1) is 15.9 Å². The van der Waals surface area contributed by atoms with Crippen LogP contribution in [0.2, 0.25) is 5.02 Å². The summed E-state index contributed by atoms with van der Waals surface area (Å²) in [5, 5.41) is 14.2. The van der Waals surface area contributed by atoms with Gasteiger partial charge in [-0.3, -0.25) is 10.1 Å². The molecule has 0 spiro atoms. The lowest BCUT2D eigenvalue weighted by atomic mass is 10.1. The fourth-order valence-corrected chi connectivity index (χ4v) is 2.19. The lowest BCUT2D eigenvalue weighted by molar-refractivity contribution is -0.384. The van der Waals surface area contributed by atoms with E-state index in [0.29, 0.717) is 11.6 Å². The van der Waals surface area contributed by atoms with E-state index in [4.69, 9.17) is 11.6 Å². The Morgan fingerprint density at radius 2 is 2.10 bits per heavy atom. The van der Waals surface area contributed by atoms with E-state index in [2.05, 4.69) is 5.32 Å². The van der Waals surface area contributed by atoms with Gasteiger partial charge in [0.05, 0.1) is 9.95 Å². The first-order valence-corrected chi connectivity index (χ1v) is 6.77. The summed E-state index contributed by atoms with van der Waals surface area (Å²) >= 11 is 6.02. The number of nitro groups is 1. The van der Waals surface area contributed by atoms with Crippen LogP contribution >= 0.6 is 11.6 Å². The van der Waals surface area contributed by atoms with Crippen LogP contribution in [0.5, 0.6) is 0 Å². The SMILES string of the molecule is CC(NCc1ccc([N+](=O)[O-])cc1Cl)c1cccc(F)c1. The van der Waals surface area contributed by atoms with E-state index in [1.165, 1.54) is 24.3 Å². The van der Waals surface area contributed by atoms with Crippen molar-refractivity contribution >= 4 is 17.3 Å². The number of nitro benzene ring substituents is 1. The Morgan fingerprint density at radius 3 is 2.71 bits per heavy atom. The highest BCUT2D eigenvalue weighted by molar-refractivity contribution is 6.31. The summed E-state index contributed by atoms with van der Waals surface area (Å²) < 4.78 is 13.2. The second-order valence-corrected chi connectivity index (χ2v) is 5.10. The second-order valence-electron chi connectivity index (χ2n) is 4.69. The molecule has 0 saturated carbocycles. The highest BCUT2D eigenvalue weighted by atomic mass is 35.5. The predicted molar refractivity (Wildman–Crippen MR) is 79.8 cm³/mol. The standard InChI is InChI=1S/C15H14ClFN2O2/c1-10(11-3-2-4-13(17)7-11)18-9-12-5-6-14(19(20)21)8-15(12)16/h2-8,10,18H,9H2,1H3. The van der Waals surface area contributed by atoms with Gasteiger partial charge in [0.2, 0.25) is 0 Å². The molecule has 1 atom stereocenters. The molecule has 0 fully saturated rings. The van der Waals surface area contributed by atoms with Gasteiger partial charge in [-0.1, -0.05) is 23.7 Å². The highest BCUT2D eigenvalue weighted by Crippen LogP contribution is 2.23. The molecule has 0 aliphatic carbocycles. The molecule has 0 aromatic heterocycles. The molecule has 110 valence electrons. The maximum Gasteiger partial charge on any atom is 0.270 e. The summed E-state index contributed by atoms with van der Waals surface area (Å²) in [6, 6.07) is 10.6. The molecule has 0 aliphatic rings. The van der Waals surface area contributed by atoms with E-state index >= 15 is 0 Å². The molecule has 0 radical (unpaired) electrons. The Hall–Kier alpha value is -1.98. The third-order valence-electron chi connectivity index (χ3n) is 3.19. The first-order chi connectivity index (χ1) is 9.97. The Labute approximate surface area is 126 Å². The summed E-state index contributed by atoms with van der Waals surface area (Å²) in [6.45, 7) is 2.35. The summed E-state index contributed by atoms with van der Waals surface area (Å²) in [4.78, 5) is 10.2. The zero-order valence-electron chi connectivity index (χ0n) is 11.3. The molecule has 0 saturated heterocycles. The van der Waals surface area contributed by atoms with Crippen molar-refractivity contribution in [1.82, 2.24) is 5.32 Å². The summed E-state index contributed by atoms with van der Waals surface area (Å²) in [7, 11) is 0. The fraction of sp³-hybridized carbons (Fsp3) is 0.200. The molecule has 1 unspecified atom stereocenters. The largest absolute Gasteiger partial charge is 0.306 e. The maximum atomic E-state index is 13.2. The van der Waals surface area contributed by atoms with Gasteiger partial charge in [-0.25, -0.2) is 4.39 Å². The Bertz CT molecular complexity index is 664. The normalized spacial score (nSPS) is 12.1. The average molecular weight is 309 g/mol. The number of benzene rings is 2. The maximum absolute atomic E-state index is 13.2. The summed E-state index contributed by atoms with van der Waals surface area (Å²) in [5.74, 6) is -0.283. The molecular formula is C15H14ClFN2O2. The van der Waals surface area contributed by atoms with Gasteiger partial charge in [-0.15, -0.1) is 0 Å². The Morgan fingerprint density at radius 1 is 1.33 bits per heavy atom. The zero-order chi connectivity index (χ0) is 15.4. The van der Waals surface area contributed by atoms with Crippen LogP contribution in [0.25, 0.3) is 0 Å². The van der Waals surface area contributed by atoms with Crippen LogP contribution in [-0.2, 0) is 6.54 Å². The molecule has 4 nitrogen and oxygen atoms in total. The van der Waals surface area contributed by atoms with E-state index in [0.717, 1.165) is 11.1 Å². The van der Waals surface area contributed by atoms with Crippen molar-refractivity contribution in [2.75, 3.05) is 0 Å². The lowest BCUT2D eigenvalue weighted by Crippen LogP contribution is -2.18. The van der Waals surface area contributed by atoms with Crippen molar-refractivity contribution in [3.8, 4) is 0 Å². The van der Waals surface area contributed by atoms with E-state index in [9.17, 15) is 14.5 Å². The monoisotopic (exact) mass is 308 g/mol. The van der Waals surface area contributed by atoms with Crippen LogP contribution in [0.3, 0.4) is 0 Å². The van der Waals surface area contributed by atoms with Crippen molar-refractivity contribution < 1.29 is 9.31 Å². The van der Waals surface area contributed by atoms with Gasteiger partial charge >= 0.3 is 0 Å². The molecule has 0 amide bonds. The minimum atomic E-state index is -0.488. The van der Waals surface area contributed by atoms with Gasteiger partial charge in [0.25, 0.3) is 5.69 Å². The van der Waals surface area contributed by atoms with Crippen LogP contribution in [0.1, 0.15) is 24.1 Å². The molecule has 2 aromatic rings. The molecule has 0 aliphatic heterocycles. The number of hydrogen-bond donors (Lipinski definition) is 1. The average Bonchev–Trinajstić information content (AvgIpc) is 2.45. The van der Waals surface area contributed by atoms with Gasteiger partial charge in [0.15, 0.2) is 0 Å². The van der Waals surface area contributed by atoms with Gasteiger partial charge < -0.3 is 5.32 Å². The number of non-ortho nitro benzene ring substituents is 1. The fourth-order valence-electron chi connectivity index (χ4n) is 1.95. The molecule has 1 N–H and O–H groups in total. The minimum absolute atomic E-state index is 0.0399. The topological polar surface area (TPSA) is 55.2 Å². The van der Waals surface area contributed by atoms with Crippen molar-refractivity contribution in [2.45, 2.75) is 19.5 Å². The van der Waals surface area contributed by atoms with Crippen LogP contribution in [0.15, 0.2) is 42.5 Å². The van der Waals surface area contributed by atoms with E-state index < -0.39 is 4.92 Å². The lowest BCUT2D eigenvalue weighted by Gasteiger charge is -2.15. The van der Waals surface area contributed by atoms with Gasteiger partial charge in [-0.05, 0) is 36.2 Å². The molecule has 0 heterocycles. The highest BCUT2D eigenvalue weighted by Gasteiger charge is 2.11. The number of nitrogens with one attached hydrogen (secondary N) is 1. The molecule has 2 aromatic carbocycles. The minimum Gasteiger partial charge on any atom is -0.306 e. The zero-order valence-corrected chi connectivity index (χ0v) is 12.1. The number of rotatable bonds is 5.